The lowest BCUT2D eigenvalue weighted by Crippen LogP contribution is -2.08. The highest BCUT2D eigenvalue weighted by atomic mass is 15.1. The van der Waals surface area contributed by atoms with E-state index in [0.717, 1.165) is 17.1 Å². The zero-order valence-corrected chi connectivity index (χ0v) is 10.0. The lowest BCUT2D eigenvalue weighted by molar-refractivity contribution is 1.11. The van der Waals surface area contributed by atoms with E-state index in [1.54, 1.807) is 0 Å². The van der Waals surface area contributed by atoms with Crippen LogP contribution in [0.15, 0.2) is 64.8 Å². The predicted octanol–water partition coefficient (Wildman–Crippen LogP) is 4.17. The molecule has 0 radical (unpaired) electrons. The van der Waals surface area contributed by atoms with Crippen LogP contribution in [0.2, 0.25) is 0 Å². The predicted molar refractivity (Wildman–Crippen MR) is 71.4 cm³/mol. The van der Waals surface area contributed by atoms with Gasteiger partial charge in [0, 0.05) is 14.1 Å². The third kappa shape index (κ3) is 2.91. The van der Waals surface area contributed by atoms with Crippen molar-refractivity contribution < 1.29 is 0 Å². The van der Waals surface area contributed by atoms with Crippen LogP contribution in [0.3, 0.4) is 0 Å². The summed E-state index contributed by atoms with van der Waals surface area (Å²) in [6.45, 7) is 0. The molecule has 2 aromatic carbocycles. The normalized spacial score (nSPS) is 10.7. The van der Waals surface area contributed by atoms with Crippen molar-refractivity contribution in [3.05, 3.63) is 54.6 Å². The van der Waals surface area contributed by atoms with E-state index < -0.39 is 0 Å². The van der Waals surface area contributed by atoms with Gasteiger partial charge in [0.25, 0.3) is 0 Å². The van der Waals surface area contributed by atoms with Crippen molar-refractivity contribution in [2.75, 3.05) is 19.0 Å². The van der Waals surface area contributed by atoms with Gasteiger partial charge in [-0.05, 0) is 24.3 Å². The first-order valence-corrected chi connectivity index (χ1v) is 5.50. The summed E-state index contributed by atoms with van der Waals surface area (Å²) < 4.78 is 0. The molecule has 0 fully saturated rings. The molecule has 3 heteroatoms. The Bertz CT molecular complexity index is 504. The highest BCUT2D eigenvalue weighted by Crippen LogP contribution is 2.28. The molecular formula is C14H15N3. The van der Waals surface area contributed by atoms with Crippen LogP contribution in [0.1, 0.15) is 0 Å². The molecule has 0 N–H and O–H groups in total. The lowest BCUT2D eigenvalue weighted by atomic mass is 10.2. The Balaban J connectivity index is 2.27. The number of hydrogen-bond acceptors (Lipinski definition) is 3. The molecule has 2 rings (SSSR count). The minimum absolute atomic E-state index is 0.862. The number of nitrogens with zero attached hydrogens (tertiary/aromatic N) is 3. The number of para-hydroxylation sites is 1. The van der Waals surface area contributed by atoms with E-state index in [4.69, 9.17) is 0 Å². The van der Waals surface area contributed by atoms with E-state index in [2.05, 4.69) is 10.2 Å². The van der Waals surface area contributed by atoms with Crippen molar-refractivity contribution in [3.8, 4) is 0 Å². The van der Waals surface area contributed by atoms with E-state index in [1.807, 2.05) is 73.6 Å². The van der Waals surface area contributed by atoms with Crippen LogP contribution in [-0.2, 0) is 0 Å². The maximum absolute atomic E-state index is 4.28. The molecule has 3 nitrogen and oxygen atoms in total. The molecule has 86 valence electrons. The first-order chi connectivity index (χ1) is 8.27. The molecule has 0 atom stereocenters. The van der Waals surface area contributed by atoms with Crippen LogP contribution >= 0.6 is 0 Å². The van der Waals surface area contributed by atoms with E-state index >= 15 is 0 Å². The van der Waals surface area contributed by atoms with E-state index in [0.29, 0.717) is 0 Å². The van der Waals surface area contributed by atoms with Crippen LogP contribution in [0.5, 0.6) is 0 Å². The Morgan fingerprint density at radius 2 is 1.41 bits per heavy atom. The molecule has 17 heavy (non-hydrogen) atoms. The van der Waals surface area contributed by atoms with E-state index in [1.165, 1.54) is 0 Å². The third-order valence-electron chi connectivity index (χ3n) is 2.39. The quantitative estimate of drug-likeness (QED) is 0.720. The average Bonchev–Trinajstić information content (AvgIpc) is 2.38. The summed E-state index contributed by atoms with van der Waals surface area (Å²) in [5, 5.41) is 8.50. The van der Waals surface area contributed by atoms with Crippen molar-refractivity contribution >= 4 is 17.1 Å². The van der Waals surface area contributed by atoms with Gasteiger partial charge in [0.2, 0.25) is 0 Å². The fraction of sp³-hybridized carbons (Fsp3) is 0.143. The second-order valence-corrected chi connectivity index (χ2v) is 3.92. The van der Waals surface area contributed by atoms with Crippen LogP contribution in [-0.4, -0.2) is 14.1 Å². The molecule has 0 unspecified atom stereocenters. The van der Waals surface area contributed by atoms with Crippen LogP contribution in [0, 0.1) is 0 Å². The number of hydrogen-bond donors (Lipinski definition) is 0. The van der Waals surface area contributed by atoms with Crippen LogP contribution in [0.25, 0.3) is 0 Å². The Kier molecular flexibility index (Phi) is 3.50. The highest BCUT2D eigenvalue weighted by molar-refractivity contribution is 5.65. The Morgan fingerprint density at radius 1 is 0.765 bits per heavy atom. The van der Waals surface area contributed by atoms with Gasteiger partial charge in [0.05, 0.1) is 11.4 Å². The summed E-state index contributed by atoms with van der Waals surface area (Å²) >= 11 is 0. The fourth-order valence-electron chi connectivity index (χ4n) is 1.53. The summed E-state index contributed by atoms with van der Waals surface area (Å²) in [6, 6.07) is 17.7. The molecule has 0 amide bonds. The van der Waals surface area contributed by atoms with Crippen LogP contribution < -0.4 is 4.90 Å². The van der Waals surface area contributed by atoms with Crippen molar-refractivity contribution in [2.45, 2.75) is 0 Å². The topological polar surface area (TPSA) is 28.0 Å². The smallest absolute Gasteiger partial charge is 0.109 e. The average molecular weight is 225 g/mol. The van der Waals surface area contributed by atoms with Gasteiger partial charge in [-0.25, -0.2) is 0 Å². The zero-order valence-electron chi connectivity index (χ0n) is 10.0. The van der Waals surface area contributed by atoms with Gasteiger partial charge >= 0.3 is 0 Å². The minimum atomic E-state index is 0.862. The van der Waals surface area contributed by atoms with Gasteiger partial charge in [-0.2, -0.15) is 5.11 Å². The van der Waals surface area contributed by atoms with Crippen molar-refractivity contribution in [3.63, 3.8) is 0 Å². The molecule has 2 aromatic rings. The molecule has 0 spiro atoms. The number of benzene rings is 2. The molecule has 0 saturated heterocycles. The van der Waals surface area contributed by atoms with Gasteiger partial charge < -0.3 is 4.90 Å². The molecule has 0 aromatic heterocycles. The maximum Gasteiger partial charge on any atom is 0.109 e. The summed E-state index contributed by atoms with van der Waals surface area (Å²) in [6.07, 6.45) is 0. The third-order valence-corrected chi connectivity index (χ3v) is 2.39. The van der Waals surface area contributed by atoms with Crippen molar-refractivity contribution in [2.24, 2.45) is 10.2 Å². The molecule has 0 saturated carbocycles. The monoisotopic (exact) mass is 225 g/mol. The summed E-state index contributed by atoms with van der Waals surface area (Å²) in [7, 11) is 3.99. The lowest BCUT2D eigenvalue weighted by Gasteiger charge is -2.13. The standard InChI is InChI=1S/C14H15N3/c1-17(2)14-11-7-6-10-13(14)16-15-12-8-4-3-5-9-12/h3-11H,1-2H3. The van der Waals surface area contributed by atoms with Gasteiger partial charge in [-0.3, -0.25) is 0 Å². The van der Waals surface area contributed by atoms with E-state index in [9.17, 15) is 0 Å². The Labute approximate surface area is 101 Å². The molecule has 0 aliphatic carbocycles. The largest absolute Gasteiger partial charge is 0.376 e. The first-order valence-electron chi connectivity index (χ1n) is 5.50. The van der Waals surface area contributed by atoms with Crippen molar-refractivity contribution in [1.29, 1.82) is 0 Å². The minimum Gasteiger partial charge on any atom is -0.376 e. The van der Waals surface area contributed by atoms with Gasteiger partial charge in [-0.1, -0.05) is 30.3 Å². The molecular weight excluding hydrogens is 210 g/mol. The summed E-state index contributed by atoms with van der Waals surface area (Å²) in [5.41, 5.74) is 2.80. The number of rotatable bonds is 3. The van der Waals surface area contributed by atoms with Gasteiger partial charge in [0.15, 0.2) is 0 Å². The SMILES string of the molecule is CN(C)c1ccccc1N=Nc1ccccc1. The highest BCUT2D eigenvalue weighted by Gasteiger charge is 2.01. The summed E-state index contributed by atoms with van der Waals surface area (Å²) in [5.74, 6) is 0. The first kappa shape index (κ1) is 11.3. The van der Waals surface area contributed by atoms with Crippen LogP contribution in [0.4, 0.5) is 17.1 Å². The van der Waals surface area contributed by atoms with Gasteiger partial charge in [0.1, 0.15) is 5.69 Å². The number of anilines is 1. The summed E-state index contributed by atoms with van der Waals surface area (Å²) in [4.78, 5) is 2.03. The maximum atomic E-state index is 4.28. The van der Waals surface area contributed by atoms with E-state index in [-0.39, 0.29) is 0 Å². The van der Waals surface area contributed by atoms with Crippen molar-refractivity contribution in [1.82, 2.24) is 0 Å². The fourth-order valence-corrected chi connectivity index (χ4v) is 1.53. The van der Waals surface area contributed by atoms with Gasteiger partial charge in [-0.15, -0.1) is 5.11 Å². The Morgan fingerprint density at radius 3 is 2.12 bits per heavy atom. The Hall–Kier alpha value is -2.16. The number of azo groups is 1. The second kappa shape index (κ2) is 5.25. The zero-order chi connectivity index (χ0) is 12.1. The molecule has 0 aliphatic rings. The molecule has 0 aliphatic heterocycles. The molecule has 0 heterocycles. The molecule has 0 bridgehead atoms. The second-order valence-electron chi connectivity index (χ2n) is 3.92.